The summed E-state index contributed by atoms with van der Waals surface area (Å²) in [5.74, 6) is -0.495. The second-order valence-corrected chi connectivity index (χ2v) is 6.52. The number of hydrogen-bond donors (Lipinski definition) is 2. The highest BCUT2D eigenvalue weighted by Gasteiger charge is 2.39. The molecule has 0 spiro atoms. The predicted octanol–water partition coefficient (Wildman–Crippen LogP) is 2.66. The Balaban J connectivity index is 1.93. The number of halogens is 2. The van der Waals surface area contributed by atoms with Crippen molar-refractivity contribution in [2.75, 3.05) is 18.9 Å². The average molecular weight is 344 g/mol. The normalized spacial score (nSPS) is 16.4. The van der Waals surface area contributed by atoms with Crippen molar-refractivity contribution in [3.8, 4) is 0 Å². The lowest BCUT2D eigenvalue weighted by Gasteiger charge is -2.28. The van der Waals surface area contributed by atoms with E-state index in [1.54, 1.807) is 25.2 Å². The molecule has 1 aromatic carbocycles. The first-order valence-corrected chi connectivity index (χ1v) is 7.87. The number of rotatable bonds is 4. The number of nitrogens with two attached hydrogens (primary N) is 1. The highest BCUT2D eigenvalue weighted by Crippen LogP contribution is 2.29. The van der Waals surface area contributed by atoms with Crippen molar-refractivity contribution in [1.82, 2.24) is 4.90 Å². The third-order valence-corrected chi connectivity index (χ3v) is 4.59. The number of amides is 2. The minimum absolute atomic E-state index is 0.0575. The van der Waals surface area contributed by atoms with E-state index in [-0.39, 0.29) is 18.4 Å². The van der Waals surface area contributed by atoms with E-state index in [1.807, 2.05) is 0 Å². The third kappa shape index (κ3) is 3.91. The Morgan fingerprint density at radius 3 is 2.50 bits per heavy atom. The molecule has 1 aromatic rings. The van der Waals surface area contributed by atoms with Crippen molar-refractivity contribution in [2.24, 2.45) is 5.73 Å². The summed E-state index contributed by atoms with van der Waals surface area (Å²) in [6.45, 7) is -0.0575. The fourth-order valence-electron chi connectivity index (χ4n) is 2.66. The molecule has 2 amide bonds. The van der Waals surface area contributed by atoms with E-state index in [9.17, 15) is 9.59 Å². The summed E-state index contributed by atoms with van der Waals surface area (Å²) in [6, 6.07) is 4.81. The van der Waals surface area contributed by atoms with E-state index < -0.39 is 5.54 Å². The average Bonchev–Trinajstić information content (AvgIpc) is 2.90. The largest absolute Gasteiger partial charge is 0.335 e. The number of carbonyl (C=O) groups excluding carboxylic acids is 2. The van der Waals surface area contributed by atoms with Gasteiger partial charge in [0.25, 0.3) is 0 Å². The lowest BCUT2D eigenvalue weighted by atomic mass is 9.97. The maximum absolute atomic E-state index is 12.3. The number of benzene rings is 1. The molecule has 120 valence electrons. The molecule has 3 N–H and O–H groups in total. The van der Waals surface area contributed by atoms with Gasteiger partial charge in [0.2, 0.25) is 11.8 Å². The molecular weight excluding hydrogens is 325 g/mol. The Bertz CT molecular complexity index is 586. The molecule has 0 atom stereocenters. The Labute approximate surface area is 139 Å². The van der Waals surface area contributed by atoms with E-state index in [0.29, 0.717) is 28.6 Å². The van der Waals surface area contributed by atoms with Gasteiger partial charge in [0.1, 0.15) is 0 Å². The number of carbonyl (C=O) groups is 2. The molecular formula is C15H19Cl2N3O2. The lowest BCUT2D eigenvalue weighted by molar-refractivity contribution is -0.138. The van der Waals surface area contributed by atoms with Gasteiger partial charge in [-0.1, -0.05) is 36.0 Å². The van der Waals surface area contributed by atoms with Crippen molar-refractivity contribution >= 4 is 40.7 Å². The molecule has 0 unspecified atom stereocenters. The zero-order chi connectivity index (χ0) is 16.3. The summed E-state index contributed by atoms with van der Waals surface area (Å²) in [7, 11) is 1.59. The molecule has 0 saturated heterocycles. The summed E-state index contributed by atoms with van der Waals surface area (Å²) < 4.78 is 0. The fourth-order valence-corrected chi connectivity index (χ4v) is 2.96. The molecule has 0 radical (unpaired) electrons. The molecule has 1 fully saturated rings. The molecule has 0 aromatic heterocycles. The molecule has 7 heteroatoms. The van der Waals surface area contributed by atoms with Crippen LogP contribution in [0.5, 0.6) is 0 Å². The van der Waals surface area contributed by atoms with Crippen LogP contribution >= 0.6 is 23.2 Å². The molecule has 1 saturated carbocycles. The van der Waals surface area contributed by atoms with Crippen molar-refractivity contribution in [2.45, 2.75) is 31.2 Å². The first kappa shape index (κ1) is 17.1. The maximum atomic E-state index is 12.3. The molecule has 2 rings (SSSR count). The zero-order valence-corrected chi connectivity index (χ0v) is 13.9. The Hall–Kier alpha value is -1.30. The van der Waals surface area contributed by atoms with Gasteiger partial charge in [-0.25, -0.2) is 0 Å². The van der Waals surface area contributed by atoms with Crippen molar-refractivity contribution in [3.63, 3.8) is 0 Å². The summed E-state index contributed by atoms with van der Waals surface area (Å²) >= 11 is 11.7. The van der Waals surface area contributed by atoms with E-state index in [4.69, 9.17) is 28.9 Å². The van der Waals surface area contributed by atoms with Crippen molar-refractivity contribution in [3.05, 3.63) is 28.2 Å². The van der Waals surface area contributed by atoms with Gasteiger partial charge in [-0.2, -0.15) is 0 Å². The van der Waals surface area contributed by atoms with Gasteiger partial charge in [-0.3, -0.25) is 9.59 Å². The zero-order valence-electron chi connectivity index (χ0n) is 12.4. The van der Waals surface area contributed by atoms with Gasteiger partial charge < -0.3 is 16.0 Å². The molecule has 1 aliphatic rings. The van der Waals surface area contributed by atoms with Crippen LogP contribution in [0.4, 0.5) is 5.69 Å². The molecule has 0 aliphatic heterocycles. The van der Waals surface area contributed by atoms with E-state index in [1.165, 1.54) is 4.90 Å². The molecule has 0 bridgehead atoms. The van der Waals surface area contributed by atoms with Crippen LogP contribution in [-0.4, -0.2) is 35.8 Å². The topological polar surface area (TPSA) is 75.4 Å². The second-order valence-electron chi connectivity index (χ2n) is 5.70. The highest BCUT2D eigenvalue weighted by molar-refractivity contribution is 6.42. The minimum Gasteiger partial charge on any atom is -0.335 e. The van der Waals surface area contributed by atoms with Gasteiger partial charge >= 0.3 is 0 Å². The van der Waals surface area contributed by atoms with Gasteiger partial charge in [0.15, 0.2) is 0 Å². The molecule has 1 aliphatic carbocycles. The molecule has 5 nitrogen and oxygen atoms in total. The smallest absolute Gasteiger partial charge is 0.243 e. The first-order chi connectivity index (χ1) is 10.3. The van der Waals surface area contributed by atoms with Crippen LogP contribution in [0.25, 0.3) is 0 Å². The first-order valence-electron chi connectivity index (χ1n) is 7.11. The number of hydrogen-bond acceptors (Lipinski definition) is 3. The van der Waals surface area contributed by atoms with Gasteiger partial charge in [0, 0.05) is 12.7 Å². The Morgan fingerprint density at radius 2 is 1.91 bits per heavy atom. The maximum Gasteiger partial charge on any atom is 0.243 e. The van der Waals surface area contributed by atoms with E-state index in [2.05, 4.69) is 5.32 Å². The monoisotopic (exact) mass is 343 g/mol. The fraction of sp³-hybridized carbons (Fsp3) is 0.467. The molecule has 0 heterocycles. The Morgan fingerprint density at radius 1 is 1.27 bits per heavy atom. The summed E-state index contributed by atoms with van der Waals surface area (Å²) in [6.07, 6.45) is 3.24. The standard InChI is InChI=1S/C15H19Cl2N3O2/c1-20(14(22)15(18)6-2-3-7-15)9-13(21)19-10-4-5-11(16)12(17)8-10/h4-5,8H,2-3,6-7,9,18H2,1H3,(H,19,21). The summed E-state index contributed by atoms with van der Waals surface area (Å²) in [5, 5.41) is 3.45. The second kappa shape index (κ2) is 6.86. The van der Waals surface area contributed by atoms with Gasteiger partial charge in [-0.15, -0.1) is 0 Å². The van der Waals surface area contributed by atoms with Crippen LogP contribution < -0.4 is 11.1 Å². The SMILES string of the molecule is CN(CC(=O)Nc1ccc(Cl)c(Cl)c1)C(=O)C1(N)CCCC1. The third-order valence-electron chi connectivity index (χ3n) is 3.85. The highest BCUT2D eigenvalue weighted by atomic mass is 35.5. The summed E-state index contributed by atoms with van der Waals surface area (Å²) in [4.78, 5) is 25.7. The van der Waals surface area contributed by atoms with Crippen LogP contribution in [0, 0.1) is 0 Å². The van der Waals surface area contributed by atoms with Crippen LogP contribution in [-0.2, 0) is 9.59 Å². The number of likely N-dealkylation sites (N-methyl/N-ethyl adjacent to an activating group) is 1. The van der Waals surface area contributed by atoms with Gasteiger partial charge in [0.05, 0.1) is 22.1 Å². The van der Waals surface area contributed by atoms with E-state index >= 15 is 0 Å². The summed E-state index contributed by atoms with van der Waals surface area (Å²) in [5.41, 5.74) is 5.82. The van der Waals surface area contributed by atoms with Crippen LogP contribution in [0.15, 0.2) is 18.2 Å². The Kier molecular flexibility index (Phi) is 5.32. The number of anilines is 1. The minimum atomic E-state index is -0.821. The van der Waals surface area contributed by atoms with Crippen LogP contribution in [0.2, 0.25) is 10.0 Å². The number of nitrogens with zero attached hydrogens (tertiary/aromatic N) is 1. The van der Waals surface area contributed by atoms with Crippen molar-refractivity contribution in [1.29, 1.82) is 0 Å². The van der Waals surface area contributed by atoms with Gasteiger partial charge in [-0.05, 0) is 31.0 Å². The quantitative estimate of drug-likeness (QED) is 0.882. The van der Waals surface area contributed by atoms with Crippen LogP contribution in [0.1, 0.15) is 25.7 Å². The predicted molar refractivity (Wildman–Crippen MR) is 88.1 cm³/mol. The van der Waals surface area contributed by atoms with Crippen LogP contribution in [0.3, 0.4) is 0 Å². The van der Waals surface area contributed by atoms with E-state index in [0.717, 1.165) is 12.8 Å². The van der Waals surface area contributed by atoms with Crippen molar-refractivity contribution < 1.29 is 9.59 Å². The lowest BCUT2D eigenvalue weighted by Crippen LogP contribution is -2.53. The molecule has 22 heavy (non-hydrogen) atoms. The number of nitrogens with one attached hydrogen (secondary N) is 1.